The van der Waals surface area contributed by atoms with Crippen LogP contribution in [0.4, 0.5) is 5.69 Å². The summed E-state index contributed by atoms with van der Waals surface area (Å²) in [6, 6.07) is 18.3. The minimum Gasteiger partial charge on any atom is -0.491 e. The van der Waals surface area contributed by atoms with Crippen LogP contribution in [-0.2, 0) is 11.2 Å². The van der Waals surface area contributed by atoms with Crippen molar-refractivity contribution in [3.8, 4) is 5.75 Å². The average Bonchev–Trinajstić information content (AvgIpc) is 2.93. The molecule has 0 radical (unpaired) electrons. The Morgan fingerprint density at radius 3 is 1.89 bits per heavy atom. The molecule has 0 aliphatic heterocycles. The van der Waals surface area contributed by atoms with Crippen molar-refractivity contribution < 1.29 is 9.53 Å². The number of anilines is 1. The number of amides is 1. The van der Waals surface area contributed by atoms with Gasteiger partial charge in [-0.05, 0) is 37.0 Å². The van der Waals surface area contributed by atoms with E-state index in [1.807, 2.05) is 30.3 Å². The van der Waals surface area contributed by atoms with Crippen molar-refractivity contribution in [3.63, 3.8) is 0 Å². The molecule has 206 valence electrons. The second kappa shape index (κ2) is 21.6. The molecule has 2 N–H and O–H groups in total. The van der Waals surface area contributed by atoms with Crippen LogP contribution in [0.25, 0.3) is 0 Å². The van der Waals surface area contributed by atoms with Crippen molar-refractivity contribution in [1.82, 2.24) is 5.32 Å². The van der Waals surface area contributed by atoms with E-state index in [2.05, 4.69) is 41.8 Å². The van der Waals surface area contributed by atoms with Crippen LogP contribution in [0.3, 0.4) is 0 Å². The SMILES string of the molecule is CCCCCCCCCCCCCCCCNC(=O)CNc1ccccc1OCCCc1ccccc1. The summed E-state index contributed by atoms with van der Waals surface area (Å²) in [5.41, 5.74) is 2.20. The highest BCUT2D eigenvalue weighted by molar-refractivity contribution is 5.81. The van der Waals surface area contributed by atoms with Crippen LogP contribution in [-0.4, -0.2) is 25.6 Å². The Morgan fingerprint density at radius 2 is 1.24 bits per heavy atom. The molecule has 0 saturated heterocycles. The van der Waals surface area contributed by atoms with Crippen LogP contribution in [0, 0.1) is 0 Å². The van der Waals surface area contributed by atoms with E-state index in [4.69, 9.17) is 4.74 Å². The zero-order valence-corrected chi connectivity index (χ0v) is 23.4. The van der Waals surface area contributed by atoms with Gasteiger partial charge in [-0.1, -0.05) is 133 Å². The molecule has 0 aromatic heterocycles. The van der Waals surface area contributed by atoms with Crippen LogP contribution in [0.5, 0.6) is 5.75 Å². The summed E-state index contributed by atoms with van der Waals surface area (Å²) in [4.78, 5) is 12.3. The van der Waals surface area contributed by atoms with Crippen molar-refractivity contribution in [2.24, 2.45) is 0 Å². The Hall–Kier alpha value is -2.49. The fraction of sp³-hybridized carbons (Fsp3) is 0.606. The molecule has 1 amide bonds. The lowest BCUT2D eigenvalue weighted by Gasteiger charge is -2.13. The number of para-hydroxylation sites is 2. The lowest BCUT2D eigenvalue weighted by molar-refractivity contribution is -0.119. The third-order valence-electron chi connectivity index (χ3n) is 6.89. The van der Waals surface area contributed by atoms with Gasteiger partial charge in [0.15, 0.2) is 0 Å². The standard InChI is InChI=1S/C33H52N2O2/c1-2-3-4-5-6-7-8-9-10-11-12-13-14-20-27-34-33(36)29-35-31-25-18-19-26-32(31)37-28-21-24-30-22-16-15-17-23-30/h15-19,22-23,25-26,35H,2-14,20-21,24,27-29H2,1H3,(H,34,36). The van der Waals surface area contributed by atoms with Gasteiger partial charge in [0.25, 0.3) is 0 Å². The number of hydrogen-bond acceptors (Lipinski definition) is 3. The third kappa shape index (κ3) is 16.1. The predicted octanol–water partition coefficient (Wildman–Crippen LogP) is 8.71. The third-order valence-corrected chi connectivity index (χ3v) is 6.89. The molecule has 0 spiro atoms. The highest BCUT2D eigenvalue weighted by Gasteiger charge is 2.06. The topological polar surface area (TPSA) is 50.4 Å². The quantitative estimate of drug-likeness (QED) is 0.148. The first-order valence-electron chi connectivity index (χ1n) is 15.1. The van der Waals surface area contributed by atoms with Gasteiger partial charge < -0.3 is 15.4 Å². The smallest absolute Gasteiger partial charge is 0.239 e. The van der Waals surface area contributed by atoms with E-state index in [-0.39, 0.29) is 12.5 Å². The van der Waals surface area contributed by atoms with Gasteiger partial charge in [-0.3, -0.25) is 4.79 Å². The Morgan fingerprint density at radius 1 is 0.676 bits per heavy atom. The van der Waals surface area contributed by atoms with Gasteiger partial charge in [-0.2, -0.15) is 0 Å². The molecule has 2 aromatic rings. The monoisotopic (exact) mass is 508 g/mol. The second-order valence-corrected chi connectivity index (χ2v) is 10.2. The first-order valence-corrected chi connectivity index (χ1v) is 15.1. The molecule has 0 bridgehead atoms. The molecule has 4 nitrogen and oxygen atoms in total. The predicted molar refractivity (Wildman–Crippen MR) is 159 cm³/mol. The summed E-state index contributed by atoms with van der Waals surface area (Å²) in [7, 11) is 0. The molecule has 0 saturated carbocycles. The molecular weight excluding hydrogens is 456 g/mol. The Balaban J connectivity index is 1.43. The van der Waals surface area contributed by atoms with Crippen molar-refractivity contribution >= 4 is 11.6 Å². The van der Waals surface area contributed by atoms with Gasteiger partial charge in [0.05, 0.1) is 18.8 Å². The van der Waals surface area contributed by atoms with Crippen LogP contribution < -0.4 is 15.4 Å². The van der Waals surface area contributed by atoms with Gasteiger partial charge in [0, 0.05) is 6.54 Å². The normalized spacial score (nSPS) is 10.8. The van der Waals surface area contributed by atoms with Crippen LogP contribution >= 0.6 is 0 Å². The lowest BCUT2D eigenvalue weighted by atomic mass is 10.0. The number of nitrogens with one attached hydrogen (secondary N) is 2. The first-order chi connectivity index (χ1) is 18.3. The summed E-state index contributed by atoms with van der Waals surface area (Å²) in [6.07, 6.45) is 20.8. The first kappa shape index (κ1) is 30.7. The highest BCUT2D eigenvalue weighted by Crippen LogP contribution is 2.23. The maximum Gasteiger partial charge on any atom is 0.239 e. The molecule has 0 unspecified atom stereocenters. The molecule has 4 heteroatoms. The fourth-order valence-electron chi connectivity index (χ4n) is 4.63. The number of carbonyl (C=O) groups excluding carboxylic acids is 1. The Bertz CT molecular complexity index is 809. The average molecular weight is 509 g/mol. The van der Waals surface area contributed by atoms with Crippen LogP contribution in [0.2, 0.25) is 0 Å². The summed E-state index contributed by atoms with van der Waals surface area (Å²) in [5, 5.41) is 6.28. The molecule has 0 fully saturated rings. The van der Waals surface area contributed by atoms with Gasteiger partial charge >= 0.3 is 0 Å². The number of benzene rings is 2. The summed E-state index contributed by atoms with van der Waals surface area (Å²) < 4.78 is 5.99. The Kier molecular flexibility index (Phi) is 17.9. The van der Waals surface area contributed by atoms with E-state index >= 15 is 0 Å². The number of hydrogen-bond donors (Lipinski definition) is 2. The van der Waals surface area contributed by atoms with Gasteiger partial charge in [0.2, 0.25) is 5.91 Å². The zero-order chi connectivity index (χ0) is 26.2. The van der Waals surface area contributed by atoms with Crippen molar-refractivity contribution in [2.75, 3.05) is 25.0 Å². The Labute approximate surface area is 227 Å². The van der Waals surface area contributed by atoms with E-state index in [1.165, 1.54) is 89.0 Å². The number of rotatable bonds is 23. The van der Waals surface area contributed by atoms with E-state index < -0.39 is 0 Å². The van der Waals surface area contributed by atoms with Gasteiger partial charge in [0.1, 0.15) is 5.75 Å². The minimum absolute atomic E-state index is 0.0357. The number of ether oxygens (including phenoxy) is 1. The second-order valence-electron chi connectivity index (χ2n) is 10.2. The van der Waals surface area contributed by atoms with Crippen LogP contribution in [0.15, 0.2) is 54.6 Å². The number of unbranched alkanes of at least 4 members (excludes halogenated alkanes) is 13. The lowest BCUT2D eigenvalue weighted by Crippen LogP contribution is -2.30. The van der Waals surface area contributed by atoms with Gasteiger partial charge in [-0.15, -0.1) is 0 Å². The summed E-state index contributed by atoms with van der Waals surface area (Å²) in [6.45, 7) is 3.96. The molecule has 0 atom stereocenters. The largest absolute Gasteiger partial charge is 0.491 e. The van der Waals surface area contributed by atoms with Crippen molar-refractivity contribution in [1.29, 1.82) is 0 Å². The summed E-state index contributed by atoms with van der Waals surface area (Å²) in [5.74, 6) is 0.837. The number of carbonyl (C=O) groups is 1. The highest BCUT2D eigenvalue weighted by atomic mass is 16.5. The fourth-order valence-corrected chi connectivity index (χ4v) is 4.63. The van der Waals surface area contributed by atoms with E-state index in [1.54, 1.807) is 0 Å². The molecule has 0 aliphatic carbocycles. The summed E-state index contributed by atoms with van der Waals surface area (Å²) >= 11 is 0. The van der Waals surface area contributed by atoms with E-state index in [0.717, 1.165) is 37.2 Å². The maximum absolute atomic E-state index is 12.3. The van der Waals surface area contributed by atoms with Gasteiger partial charge in [-0.25, -0.2) is 0 Å². The molecule has 2 aromatic carbocycles. The number of aryl methyl sites for hydroxylation is 1. The van der Waals surface area contributed by atoms with Crippen molar-refractivity contribution in [2.45, 2.75) is 110 Å². The molecule has 37 heavy (non-hydrogen) atoms. The minimum atomic E-state index is 0.0357. The molecular formula is C33H52N2O2. The molecule has 0 heterocycles. The van der Waals surface area contributed by atoms with Crippen molar-refractivity contribution in [3.05, 3.63) is 60.2 Å². The van der Waals surface area contributed by atoms with E-state index in [9.17, 15) is 4.79 Å². The van der Waals surface area contributed by atoms with E-state index in [0.29, 0.717) is 6.61 Å². The zero-order valence-electron chi connectivity index (χ0n) is 23.4. The molecule has 0 aliphatic rings. The molecule has 2 rings (SSSR count). The maximum atomic E-state index is 12.3. The van der Waals surface area contributed by atoms with Crippen LogP contribution in [0.1, 0.15) is 109 Å².